The molecule has 0 amide bonds. The van der Waals surface area contributed by atoms with E-state index >= 15 is 0 Å². The standard InChI is InChI=1S/C52H35NO/c1-3-11-36(12-4-1)39-25-29-46(30-26-39)53(45-15-5-2-6-16-45)47-31-27-40(28-32-47)38-19-21-41(22-20-38)44-34-49(43-24-23-37-13-7-8-14-42(37)33-43)52-50(35-44)48-17-9-10-18-51(48)54-52/h1-35H. The monoisotopic (exact) mass is 689 g/mol. The molecule has 0 atom stereocenters. The number of nitrogens with zero attached hydrogens (tertiary/aromatic N) is 1. The minimum atomic E-state index is 0.903. The molecule has 0 aliphatic carbocycles. The third kappa shape index (κ3) is 5.81. The first-order chi connectivity index (χ1) is 26.7. The summed E-state index contributed by atoms with van der Waals surface area (Å²) in [7, 11) is 0. The molecule has 2 nitrogen and oxygen atoms in total. The minimum absolute atomic E-state index is 0.903. The lowest BCUT2D eigenvalue weighted by atomic mass is 9.93. The predicted octanol–water partition coefficient (Wildman–Crippen LogP) is 14.9. The molecule has 0 fully saturated rings. The number of benzene rings is 9. The van der Waals surface area contributed by atoms with Crippen molar-refractivity contribution in [3.05, 3.63) is 212 Å². The van der Waals surface area contributed by atoms with Gasteiger partial charge in [-0.05, 0) is 110 Å². The normalized spacial score (nSPS) is 11.3. The third-order valence-electron chi connectivity index (χ3n) is 10.5. The van der Waals surface area contributed by atoms with Gasteiger partial charge in [0, 0.05) is 33.4 Å². The van der Waals surface area contributed by atoms with E-state index in [9.17, 15) is 0 Å². The molecule has 9 aromatic carbocycles. The molecule has 0 unspecified atom stereocenters. The maximum Gasteiger partial charge on any atom is 0.143 e. The summed E-state index contributed by atoms with van der Waals surface area (Å²) in [6.07, 6.45) is 0. The van der Waals surface area contributed by atoms with Gasteiger partial charge >= 0.3 is 0 Å². The van der Waals surface area contributed by atoms with E-state index in [0.717, 1.165) is 55.7 Å². The summed E-state index contributed by atoms with van der Waals surface area (Å²) in [6, 6.07) is 75.8. The van der Waals surface area contributed by atoms with E-state index in [2.05, 4.69) is 211 Å². The summed E-state index contributed by atoms with van der Waals surface area (Å²) < 4.78 is 6.52. The second kappa shape index (κ2) is 13.4. The first-order valence-electron chi connectivity index (χ1n) is 18.4. The van der Waals surface area contributed by atoms with Crippen LogP contribution in [0.15, 0.2) is 217 Å². The second-order valence-corrected chi connectivity index (χ2v) is 13.8. The van der Waals surface area contributed by atoms with E-state index in [4.69, 9.17) is 4.42 Å². The van der Waals surface area contributed by atoms with Crippen molar-refractivity contribution < 1.29 is 4.42 Å². The largest absolute Gasteiger partial charge is 0.455 e. The van der Waals surface area contributed by atoms with Crippen molar-refractivity contribution >= 4 is 49.8 Å². The van der Waals surface area contributed by atoms with Crippen LogP contribution in [0.4, 0.5) is 17.1 Å². The Bertz CT molecular complexity index is 2890. The van der Waals surface area contributed by atoms with Crippen LogP contribution < -0.4 is 4.90 Å². The highest BCUT2D eigenvalue weighted by Gasteiger charge is 2.16. The van der Waals surface area contributed by atoms with Gasteiger partial charge in [0.25, 0.3) is 0 Å². The Hall–Kier alpha value is -7.16. The van der Waals surface area contributed by atoms with Crippen LogP contribution in [0.3, 0.4) is 0 Å². The van der Waals surface area contributed by atoms with E-state index in [1.54, 1.807) is 0 Å². The minimum Gasteiger partial charge on any atom is -0.455 e. The van der Waals surface area contributed by atoms with Crippen LogP contribution in [-0.4, -0.2) is 0 Å². The summed E-state index contributed by atoms with van der Waals surface area (Å²) in [5, 5.41) is 4.70. The van der Waals surface area contributed by atoms with E-state index in [0.29, 0.717) is 0 Å². The molecule has 0 aliphatic rings. The fourth-order valence-corrected chi connectivity index (χ4v) is 7.68. The summed E-state index contributed by atoms with van der Waals surface area (Å²) in [4.78, 5) is 2.31. The van der Waals surface area contributed by atoms with Crippen LogP contribution in [0.25, 0.3) is 77.2 Å². The van der Waals surface area contributed by atoms with E-state index in [-0.39, 0.29) is 0 Å². The smallest absolute Gasteiger partial charge is 0.143 e. The molecular formula is C52H35NO. The van der Waals surface area contributed by atoms with Crippen LogP contribution in [-0.2, 0) is 0 Å². The fourth-order valence-electron chi connectivity index (χ4n) is 7.68. The SMILES string of the molecule is c1ccc(-c2ccc(N(c3ccccc3)c3ccc(-c4ccc(-c5cc(-c6ccc7ccccc7c6)c6oc7ccccc7c6c5)cc4)cc3)cc2)cc1. The van der Waals surface area contributed by atoms with Crippen molar-refractivity contribution in [1.29, 1.82) is 0 Å². The average Bonchev–Trinajstić information content (AvgIpc) is 3.63. The molecule has 254 valence electrons. The number of fused-ring (bicyclic) bond motifs is 4. The summed E-state index contributed by atoms with van der Waals surface area (Å²) in [6.45, 7) is 0. The Morgan fingerprint density at radius 3 is 1.44 bits per heavy atom. The Balaban J connectivity index is 0.988. The molecule has 1 heterocycles. The first kappa shape index (κ1) is 31.6. The highest BCUT2D eigenvalue weighted by Crippen LogP contribution is 2.41. The molecule has 0 spiro atoms. The zero-order chi connectivity index (χ0) is 35.8. The molecule has 0 radical (unpaired) electrons. The molecule has 54 heavy (non-hydrogen) atoms. The zero-order valence-corrected chi connectivity index (χ0v) is 29.6. The molecular weight excluding hydrogens is 655 g/mol. The number of rotatable bonds is 7. The molecule has 1 aromatic heterocycles. The molecule has 10 rings (SSSR count). The number of furan rings is 1. The predicted molar refractivity (Wildman–Crippen MR) is 228 cm³/mol. The van der Waals surface area contributed by atoms with Gasteiger partial charge in [0.15, 0.2) is 0 Å². The maximum atomic E-state index is 6.52. The Kier molecular flexibility index (Phi) is 7.85. The Morgan fingerprint density at radius 2 is 0.778 bits per heavy atom. The third-order valence-corrected chi connectivity index (χ3v) is 10.5. The molecule has 0 bridgehead atoms. The zero-order valence-electron chi connectivity index (χ0n) is 29.6. The van der Waals surface area contributed by atoms with Gasteiger partial charge in [-0.15, -0.1) is 0 Å². The van der Waals surface area contributed by atoms with Gasteiger partial charge < -0.3 is 9.32 Å². The molecule has 0 N–H and O–H groups in total. The molecule has 0 saturated heterocycles. The maximum absolute atomic E-state index is 6.52. The Labute approximate surface area is 314 Å². The lowest BCUT2D eigenvalue weighted by molar-refractivity contribution is 0.670. The van der Waals surface area contributed by atoms with Crippen LogP contribution in [0.2, 0.25) is 0 Å². The second-order valence-electron chi connectivity index (χ2n) is 13.8. The van der Waals surface area contributed by atoms with Gasteiger partial charge in [-0.1, -0.05) is 152 Å². The van der Waals surface area contributed by atoms with Crippen LogP contribution in [0, 0.1) is 0 Å². The highest BCUT2D eigenvalue weighted by atomic mass is 16.3. The Morgan fingerprint density at radius 1 is 0.296 bits per heavy atom. The molecule has 0 aliphatic heterocycles. The number of anilines is 3. The molecule has 0 saturated carbocycles. The first-order valence-corrected chi connectivity index (χ1v) is 18.4. The number of hydrogen-bond donors (Lipinski definition) is 0. The lowest BCUT2D eigenvalue weighted by Gasteiger charge is -2.26. The van der Waals surface area contributed by atoms with Crippen molar-refractivity contribution in [3.8, 4) is 44.5 Å². The van der Waals surface area contributed by atoms with Crippen LogP contribution in [0.5, 0.6) is 0 Å². The van der Waals surface area contributed by atoms with Gasteiger partial charge in [0.1, 0.15) is 11.2 Å². The van der Waals surface area contributed by atoms with Gasteiger partial charge in [-0.2, -0.15) is 0 Å². The van der Waals surface area contributed by atoms with Crippen LogP contribution in [0.1, 0.15) is 0 Å². The molecule has 2 heteroatoms. The fraction of sp³-hybridized carbons (Fsp3) is 0. The number of para-hydroxylation sites is 2. The average molecular weight is 690 g/mol. The van der Waals surface area contributed by atoms with Crippen molar-refractivity contribution in [1.82, 2.24) is 0 Å². The highest BCUT2D eigenvalue weighted by molar-refractivity contribution is 6.11. The van der Waals surface area contributed by atoms with Gasteiger partial charge in [0.2, 0.25) is 0 Å². The van der Waals surface area contributed by atoms with E-state index in [1.807, 2.05) is 6.07 Å². The summed E-state index contributed by atoms with van der Waals surface area (Å²) in [5.41, 5.74) is 14.5. The van der Waals surface area contributed by atoms with Crippen molar-refractivity contribution in [2.45, 2.75) is 0 Å². The van der Waals surface area contributed by atoms with Gasteiger partial charge in [-0.3, -0.25) is 0 Å². The van der Waals surface area contributed by atoms with Crippen molar-refractivity contribution in [2.75, 3.05) is 4.90 Å². The van der Waals surface area contributed by atoms with Crippen molar-refractivity contribution in [2.24, 2.45) is 0 Å². The number of hydrogen-bond acceptors (Lipinski definition) is 2. The van der Waals surface area contributed by atoms with E-state index < -0.39 is 0 Å². The van der Waals surface area contributed by atoms with Gasteiger partial charge in [0.05, 0.1) is 0 Å². The molecule has 10 aromatic rings. The van der Waals surface area contributed by atoms with E-state index in [1.165, 1.54) is 38.6 Å². The van der Waals surface area contributed by atoms with Crippen LogP contribution >= 0.6 is 0 Å². The van der Waals surface area contributed by atoms with Crippen molar-refractivity contribution in [3.63, 3.8) is 0 Å². The quantitative estimate of drug-likeness (QED) is 0.166. The topological polar surface area (TPSA) is 16.4 Å². The lowest BCUT2D eigenvalue weighted by Crippen LogP contribution is -2.09. The van der Waals surface area contributed by atoms with Gasteiger partial charge in [-0.25, -0.2) is 0 Å². The summed E-state index contributed by atoms with van der Waals surface area (Å²) >= 11 is 0. The summed E-state index contributed by atoms with van der Waals surface area (Å²) in [5.74, 6) is 0.